The normalized spacial score (nSPS) is 12.4. The van der Waals surface area contributed by atoms with E-state index in [9.17, 15) is 14.4 Å². The highest BCUT2D eigenvalue weighted by Crippen LogP contribution is 2.14. The zero-order chi connectivity index (χ0) is 32.4. The number of carboxylic acid groups (broad SMARTS) is 1. The van der Waals surface area contributed by atoms with Crippen molar-refractivity contribution >= 4 is 17.8 Å². The van der Waals surface area contributed by atoms with Crippen molar-refractivity contribution < 1.29 is 24.2 Å². The molecule has 0 aromatic rings. The molecular formula is C38H67NO5. The highest BCUT2D eigenvalue weighted by molar-refractivity contribution is 5.80. The summed E-state index contributed by atoms with van der Waals surface area (Å²) in [5.74, 6) is -1.36. The molecule has 0 bridgehead atoms. The van der Waals surface area contributed by atoms with E-state index in [1.807, 2.05) is 6.08 Å². The van der Waals surface area contributed by atoms with Gasteiger partial charge in [-0.05, 0) is 76.7 Å². The number of nitrogens with one attached hydrogen (secondary N) is 1. The van der Waals surface area contributed by atoms with Crippen molar-refractivity contribution in [2.45, 2.75) is 180 Å². The van der Waals surface area contributed by atoms with E-state index in [0.717, 1.165) is 64.2 Å². The molecule has 0 aliphatic carbocycles. The van der Waals surface area contributed by atoms with E-state index in [0.29, 0.717) is 12.8 Å². The standard InChI is InChI=1S/C38H67NO5/c1-3-5-7-9-11-13-14-15-16-17-19-21-23-29-33-38(43)44-35(30-26-22-20-18-12-10-8-6-4-2)31-27-24-25-28-32-36(40)39-34-37(41)42/h14-15,18,20,26,30,35H,3-13,16-17,19,21-25,27-29,31-34H2,1-2H3,(H,39,40)(H,41,42)/b15-14-,20-18-,30-26-. The molecular weight excluding hydrogens is 550 g/mol. The molecule has 0 fully saturated rings. The highest BCUT2D eigenvalue weighted by atomic mass is 16.5. The van der Waals surface area contributed by atoms with Gasteiger partial charge in [0.25, 0.3) is 0 Å². The van der Waals surface area contributed by atoms with Crippen molar-refractivity contribution in [3.05, 3.63) is 36.5 Å². The molecule has 1 amide bonds. The molecule has 6 nitrogen and oxygen atoms in total. The number of unbranched alkanes of at least 4 members (excludes halogenated alkanes) is 17. The van der Waals surface area contributed by atoms with E-state index in [-0.39, 0.29) is 24.5 Å². The minimum atomic E-state index is -1.03. The summed E-state index contributed by atoms with van der Waals surface area (Å²) in [5, 5.41) is 11.0. The number of carbonyl (C=O) groups is 3. The average Bonchev–Trinajstić information content (AvgIpc) is 3.00. The van der Waals surface area contributed by atoms with Gasteiger partial charge in [0.15, 0.2) is 0 Å². The van der Waals surface area contributed by atoms with Gasteiger partial charge in [0.2, 0.25) is 5.91 Å². The second kappa shape index (κ2) is 33.5. The first-order valence-electron chi connectivity index (χ1n) is 18.1. The Hall–Kier alpha value is -2.37. The number of rotatable bonds is 32. The van der Waals surface area contributed by atoms with E-state index >= 15 is 0 Å². The SMILES string of the molecule is CCCCCC/C=C\C/C=C\C(CCCCCCC(=O)NCC(=O)O)OC(=O)CCCCCCC/C=C\CCCCCCC. The minimum absolute atomic E-state index is 0.108. The van der Waals surface area contributed by atoms with Crippen molar-refractivity contribution in [2.24, 2.45) is 0 Å². The zero-order valence-corrected chi connectivity index (χ0v) is 28.5. The summed E-state index contributed by atoms with van der Waals surface area (Å²) in [4.78, 5) is 34.8. The van der Waals surface area contributed by atoms with Gasteiger partial charge in [-0.15, -0.1) is 0 Å². The number of aliphatic carboxylic acids is 1. The predicted octanol–water partition coefficient (Wildman–Crippen LogP) is 10.6. The third-order valence-corrected chi connectivity index (χ3v) is 7.77. The lowest BCUT2D eigenvalue weighted by molar-refractivity contribution is -0.147. The fourth-order valence-electron chi connectivity index (χ4n) is 5.04. The maximum absolute atomic E-state index is 12.6. The van der Waals surface area contributed by atoms with Gasteiger partial charge in [0, 0.05) is 12.8 Å². The molecule has 0 rings (SSSR count). The van der Waals surface area contributed by atoms with E-state index in [2.05, 4.69) is 49.5 Å². The first-order chi connectivity index (χ1) is 21.5. The molecule has 0 saturated carbocycles. The number of ether oxygens (including phenoxy) is 1. The summed E-state index contributed by atoms with van der Waals surface area (Å²) in [6.45, 7) is 4.15. The Kier molecular flexibility index (Phi) is 31.7. The summed E-state index contributed by atoms with van der Waals surface area (Å²) in [7, 11) is 0. The number of carboxylic acids is 1. The first kappa shape index (κ1) is 41.6. The van der Waals surface area contributed by atoms with Crippen LogP contribution in [-0.4, -0.2) is 35.6 Å². The van der Waals surface area contributed by atoms with Crippen molar-refractivity contribution in [1.29, 1.82) is 0 Å². The van der Waals surface area contributed by atoms with Crippen LogP contribution in [0.2, 0.25) is 0 Å². The second-order valence-corrected chi connectivity index (χ2v) is 12.1. The predicted molar refractivity (Wildman–Crippen MR) is 185 cm³/mol. The monoisotopic (exact) mass is 618 g/mol. The molecule has 0 aliphatic heterocycles. The van der Waals surface area contributed by atoms with E-state index in [1.54, 1.807) is 0 Å². The van der Waals surface area contributed by atoms with Crippen molar-refractivity contribution in [3.8, 4) is 0 Å². The minimum Gasteiger partial charge on any atom is -0.480 e. The van der Waals surface area contributed by atoms with Crippen LogP contribution in [0.4, 0.5) is 0 Å². The molecule has 0 aliphatic rings. The van der Waals surface area contributed by atoms with Crippen LogP contribution in [0.15, 0.2) is 36.5 Å². The van der Waals surface area contributed by atoms with Crippen molar-refractivity contribution in [3.63, 3.8) is 0 Å². The summed E-state index contributed by atoms with van der Waals surface area (Å²) < 4.78 is 5.86. The molecule has 1 unspecified atom stereocenters. The quantitative estimate of drug-likeness (QED) is 0.0445. The van der Waals surface area contributed by atoms with Crippen LogP contribution in [0, 0.1) is 0 Å². The number of amides is 1. The van der Waals surface area contributed by atoms with E-state index < -0.39 is 5.97 Å². The van der Waals surface area contributed by atoms with Crippen LogP contribution >= 0.6 is 0 Å². The molecule has 44 heavy (non-hydrogen) atoms. The number of hydrogen-bond acceptors (Lipinski definition) is 4. The maximum Gasteiger partial charge on any atom is 0.322 e. The van der Waals surface area contributed by atoms with Gasteiger partial charge in [0.1, 0.15) is 12.6 Å². The summed E-state index contributed by atoms with van der Waals surface area (Å²) in [5.41, 5.74) is 0. The van der Waals surface area contributed by atoms with Crippen molar-refractivity contribution in [1.82, 2.24) is 5.32 Å². The van der Waals surface area contributed by atoms with Crippen LogP contribution in [0.25, 0.3) is 0 Å². The van der Waals surface area contributed by atoms with Crippen LogP contribution in [-0.2, 0) is 19.1 Å². The highest BCUT2D eigenvalue weighted by Gasteiger charge is 2.11. The van der Waals surface area contributed by atoms with Crippen LogP contribution in [0.1, 0.15) is 174 Å². The molecule has 0 heterocycles. The van der Waals surface area contributed by atoms with E-state index in [4.69, 9.17) is 9.84 Å². The Balaban J connectivity index is 4.25. The maximum atomic E-state index is 12.6. The number of carbonyl (C=O) groups excluding carboxylic acids is 2. The Morgan fingerprint density at radius 1 is 0.614 bits per heavy atom. The van der Waals surface area contributed by atoms with Gasteiger partial charge in [-0.2, -0.15) is 0 Å². The van der Waals surface area contributed by atoms with E-state index in [1.165, 1.54) is 83.5 Å². The molecule has 254 valence electrons. The van der Waals surface area contributed by atoms with Gasteiger partial charge in [-0.1, -0.05) is 121 Å². The van der Waals surface area contributed by atoms with Gasteiger partial charge in [-0.3, -0.25) is 14.4 Å². The number of esters is 1. The van der Waals surface area contributed by atoms with Crippen molar-refractivity contribution in [2.75, 3.05) is 6.54 Å². The van der Waals surface area contributed by atoms with Crippen LogP contribution < -0.4 is 5.32 Å². The Morgan fingerprint density at radius 3 is 1.73 bits per heavy atom. The molecule has 0 saturated heterocycles. The van der Waals surface area contributed by atoms with Gasteiger partial charge in [-0.25, -0.2) is 0 Å². The largest absolute Gasteiger partial charge is 0.480 e. The topological polar surface area (TPSA) is 92.7 Å². The molecule has 0 aromatic carbocycles. The molecule has 0 aromatic heterocycles. The first-order valence-corrected chi connectivity index (χ1v) is 18.1. The average molecular weight is 618 g/mol. The fourth-order valence-corrected chi connectivity index (χ4v) is 5.04. The third-order valence-electron chi connectivity index (χ3n) is 7.77. The van der Waals surface area contributed by atoms with Gasteiger partial charge >= 0.3 is 11.9 Å². The Labute approximate surface area is 270 Å². The Bertz CT molecular complexity index is 773. The number of allylic oxidation sites excluding steroid dienone is 5. The molecule has 1 atom stereocenters. The molecule has 2 N–H and O–H groups in total. The fraction of sp³-hybridized carbons (Fsp3) is 0.763. The lowest BCUT2D eigenvalue weighted by atomic mass is 10.1. The molecule has 6 heteroatoms. The Morgan fingerprint density at radius 2 is 1.11 bits per heavy atom. The van der Waals surface area contributed by atoms with Gasteiger partial charge in [0.05, 0.1) is 0 Å². The van der Waals surface area contributed by atoms with Crippen LogP contribution in [0.5, 0.6) is 0 Å². The summed E-state index contributed by atoms with van der Waals surface area (Å²) in [6, 6.07) is 0. The summed E-state index contributed by atoms with van der Waals surface area (Å²) >= 11 is 0. The summed E-state index contributed by atoms with van der Waals surface area (Å²) in [6.07, 6.45) is 39.8. The second-order valence-electron chi connectivity index (χ2n) is 12.1. The van der Waals surface area contributed by atoms with Crippen LogP contribution in [0.3, 0.4) is 0 Å². The third kappa shape index (κ3) is 32.5. The smallest absolute Gasteiger partial charge is 0.322 e. The number of hydrogen-bond donors (Lipinski definition) is 2. The molecule has 0 spiro atoms. The lowest BCUT2D eigenvalue weighted by Gasteiger charge is -2.14. The van der Waals surface area contributed by atoms with Gasteiger partial charge < -0.3 is 15.2 Å². The molecule has 0 radical (unpaired) electrons. The zero-order valence-electron chi connectivity index (χ0n) is 28.5. The lowest BCUT2D eigenvalue weighted by Crippen LogP contribution is -2.28.